The van der Waals surface area contributed by atoms with E-state index in [-0.39, 0.29) is 11.3 Å². The maximum absolute atomic E-state index is 10.3. The molecule has 0 aliphatic carbocycles. The molecule has 0 saturated carbocycles. The minimum Gasteiger partial charge on any atom is -0.409 e. The van der Waals surface area contributed by atoms with Crippen LogP contribution in [-0.4, -0.2) is 36.7 Å². The molecule has 0 saturated heterocycles. The van der Waals surface area contributed by atoms with Crippen molar-refractivity contribution < 1.29 is 10.0 Å². The van der Waals surface area contributed by atoms with Crippen LogP contribution in [0.5, 0.6) is 0 Å². The summed E-state index contributed by atoms with van der Waals surface area (Å²) < 4.78 is 0. The first-order valence-electron chi connectivity index (χ1n) is 5.12. The Morgan fingerprint density at radius 1 is 1.31 bits per heavy atom. The van der Waals surface area contributed by atoms with Gasteiger partial charge in [-0.3, -0.25) is 0 Å². The van der Waals surface area contributed by atoms with Crippen molar-refractivity contribution in [1.82, 2.24) is 10.6 Å². The lowest BCUT2D eigenvalue weighted by Gasteiger charge is -2.22. The van der Waals surface area contributed by atoms with E-state index in [9.17, 15) is 4.79 Å². The monoisotopic (exact) mass is 231 g/mol. The molecule has 0 bridgehead atoms. The quantitative estimate of drug-likeness (QED) is 0.132. The Bertz CT molecular complexity index is 252. The molecule has 0 aliphatic heterocycles. The Balaban J connectivity index is 3.62. The Morgan fingerprint density at radius 2 is 1.94 bits per heavy atom. The van der Waals surface area contributed by atoms with Gasteiger partial charge in [-0.15, -0.1) is 0 Å². The second kappa shape index (κ2) is 6.89. The van der Waals surface area contributed by atoms with E-state index < -0.39 is 6.03 Å². The number of nitrogens with one attached hydrogen (secondary N) is 2. The molecule has 0 heterocycles. The average Bonchev–Trinajstić information content (AvgIpc) is 2.21. The van der Waals surface area contributed by atoms with E-state index in [1.165, 1.54) is 0 Å². The van der Waals surface area contributed by atoms with Crippen molar-refractivity contribution in [2.75, 3.05) is 19.6 Å². The van der Waals surface area contributed by atoms with Gasteiger partial charge in [-0.2, -0.15) is 0 Å². The zero-order chi connectivity index (χ0) is 12.6. The maximum Gasteiger partial charge on any atom is 0.312 e. The van der Waals surface area contributed by atoms with Crippen LogP contribution in [0.1, 0.15) is 20.3 Å². The van der Waals surface area contributed by atoms with Crippen molar-refractivity contribution >= 4 is 11.9 Å². The third-order valence-corrected chi connectivity index (χ3v) is 2.33. The normalized spacial score (nSPS) is 12.5. The zero-order valence-electron chi connectivity index (χ0n) is 9.79. The molecule has 94 valence electrons. The van der Waals surface area contributed by atoms with E-state index in [2.05, 4.69) is 15.8 Å². The molecule has 0 rings (SSSR count). The van der Waals surface area contributed by atoms with Gasteiger partial charge in [0.15, 0.2) is 0 Å². The van der Waals surface area contributed by atoms with Crippen LogP contribution < -0.4 is 22.1 Å². The second-order valence-electron chi connectivity index (χ2n) is 4.16. The van der Waals surface area contributed by atoms with Crippen LogP contribution in [0.2, 0.25) is 0 Å². The van der Waals surface area contributed by atoms with Crippen molar-refractivity contribution in [3.8, 4) is 0 Å². The number of oxime groups is 1. The number of hydrogen-bond donors (Lipinski definition) is 5. The fourth-order valence-corrected chi connectivity index (χ4v) is 1.06. The number of amidine groups is 1. The minimum absolute atomic E-state index is 0.213. The van der Waals surface area contributed by atoms with Crippen LogP contribution in [0.3, 0.4) is 0 Å². The van der Waals surface area contributed by atoms with Crippen LogP contribution in [0.4, 0.5) is 4.79 Å². The lowest BCUT2D eigenvalue weighted by molar-refractivity contribution is 0.249. The number of nitrogens with two attached hydrogens (primary N) is 2. The van der Waals surface area contributed by atoms with E-state index in [1.54, 1.807) is 0 Å². The van der Waals surface area contributed by atoms with Crippen LogP contribution in [0.25, 0.3) is 0 Å². The van der Waals surface area contributed by atoms with E-state index in [0.717, 1.165) is 6.42 Å². The zero-order valence-corrected chi connectivity index (χ0v) is 9.79. The van der Waals surface area contributed by atoms with Gasteiger partial charge >= 0.3 is 6.03 Å². The highest BCUT2D eigenvalue weighted by Gasteiger charge is 2.22. The van der Waals surface area contributed by atoms with Gasteiger partial charge in [-0.25, -0.2) is 4.79 Å². The van der Waals surface area contributed by atoms with Crippen LogP contribution in [0.15, 0.2) is 5.16 Å². The van der Waals surface area contributed by atoms with E-state index >= 15 is 0 Å². The van der Waals surface area contributed by atoms with Gasteiger partial charge in [0.1, 0.15) is 5.84 Å². The topological polar surface area (TPSA) is 126 Å². The molecule has 16 heavy (non-hydrogen) atoms. The molecule has 2 amide bonds. The number of primary amides is 1. The largest absolute Gasteiger partial charge is 0.409 e. The molecule has 0 aliphatic rings. The van der Waals surface area contributed by atoms with Crippen LogP contribution in [-0.2, 0) is 0 Å². The molecule has 0 aromatic heterocycles. The highest BCUT2D eigenvalue weighted by molar-refractivity contribution is 5.85. The summed E-state index contributed by atoms with van der Waals surface area (Å²) in [5.74, 6) is 0.213. The van der Waals surface area contributed by atoms with Crippen molar-refractivity contribution in [2.45, 2.75) is 20.3 Å². The van der Waals surface area contributed by atoms with E-state index in [1.807, 2.05) is 13.8 Å². The van der Waals surface area contributed by atoms with Gasteiger partial charge in [0, 0.05) is 18.5 Å². The van der Waals surface area contributed by atoms with E-state index in [0.29, 0.717) is 19.6 Å². The number of nitrogens with zero attached hydrogens (tertiary/aromatic N) is 1. The first-order valence-corrected chi connectivity index (χ1v) is 5.12. The maximum atomic E-state index is 10.3. The smallest absolute Gasteiger partial charge is 0.312 e. The fourth-order valence-electron chi connectivity index (χ4n) is 1.06. The summed E-state index contributed by atoms with van der Waals surface area (Å²) >= 11 is 0. The predicted molar refractivity (Wildman–Crippen MR) is 62.3 cm³/mol. The van der Waals surface area contributed by atoms with Gasteiger partial charge < -0.3 is 27.3 Å². The molecule has 7 nitrogen and oxygen atoms in total. The highest BCUT2D eigenvalue weighted by atomic mass is 16.4. The van der Waals surface area contributed by atoms with Crippen molar-refractivity contribution in [1.29, 1.82) is 0 Å². The minimum atomic E-state index is -0.529. The number of carbonyl (C=O) groups is 1. The third-order valence-electron chi connectivity index (χ3n) is 2.33. The summed E-state index contributed by atoms with van der Waals surface area (Å²) in [5, 5.41) is 17.1. The van der Waals surface area contributed by atoms with Gasteiger partial charge in [0.05, 0.1) is 0 Å². The molecular weight excluding hydrogens is 210 g/mol. The van der Waals surface area contributed by atoms with Crippen molar-refractivity contribution in [3.63, 3.8) is 0 Å². The first-order chi connectivity index (χ1) is 7.40. The molecular formula is C9H21N5O2. The fraction of sp³-hybridized carbons (Fsp3) is 0.778. The van der Waals surface area contributed by atoms with E-state index in [4.69, 9.17) is 16.7 Å². The Kier molecular flexibility index (Phi) is 6.24. The lowest BCUT2D eigenvalue weighted by atomic mass is 9.88. The molecule has 0 radical (unpaired) electrons. The molecule has 7 heteroatoms. The summed E-state index contributed by atoms with van der Waals surface area (Å²) in [6, 6.07) is -0.529. The van der Waals surface area contributed by atoms with Crippen LogP contribution in [0, 0.1) is 5.41 Å². The Hall–Kier alpha value is -1.50. The van der Waals surface area contributed by atoms with Gasteiger partial charge in [-0.05, 0) is 13.0 Å². The summed E-state index contributed by atoms with van der Waals surface area (Å²) in [7, 11) is 0. The summed E-state index contributed by atoms with van der Waals surface area (Å²) in [6.07, 6.45) is 0.736. The lowest BCUT2D eigenvalue weighted by Crippen LogP contribution is -2.38. The van der Waals surface area contributed by atoms with Gasteiger partial charge in [0.2, 0.25) is 0 Å². The van der Waals surface area contributed by atoms with Gasteiger partial charge in [-0.1, -0.05) is 19.0 Å². The molecule has 0 aromatic carbocycles. The first kappa shape index (κ1) is 14.5. The number of amides is 2. The molecule has 0 fully saturated rings. The Labute approximate surface area is 95.2 Å². The van der Waals surface area contributed by atoms with Crippen molar-refractivity contribution in [3.05, 3.63) is 0 Å². The number of hydrogen-bond acceptors (Lipinski definition) is 4. The number of rotatable bonds is 7. The summed E-state index contributed by atoms with van der Waals surface area (Å²) in [5.41, 5.74) is 10.1. The second-order valence-corrected chi connectivity index (χ2v) is 4.16. The summed E-state index contributed by atoms with van der Waals surface area (Å²) in [6.45, 7) is 5.62. The molecule has 0 aromatic rings. The predicted octanol–water partition coefficient (Wildman–Crippen LogP) is -0.593. The standard InChI is InChI=1S/C9H21N5O2/c1-9(2,7(10)14-16)3-4-12-5-6-13-8(11)15/h12,16H,3-6H2,1-2H3,(H2,10,14)(H3,11,13,15). The third kappa shape index (κ3) is 6.07. The summed E-state index contributed by atoms with van der Waals surface area (Å²) in [4.78, 5) is 10.3. The number of urea groups is 1. The van der Waals surface area contributed by atoms with Crippen molar-refractivity contribution in [2.24, 2.45) is 22.0 Å². The number of carbonyl (C=O) groups excluding carboxylic acids is 1. The molecule has 0 atom stereocenters. The Morgan fingerprint density at radius 3 is 2.44 bits per heavy atom. The molecule has 7 N–H and O–H groups in total. The average molecular weight is 231 g/mol. The SMILES string of the molecule is CC(C)(CCNCCNC(N)=O)C(N)=NO. The molecule has 0 unspecified atom stereocenters. The highest BCUT2D eigenvalue weighted by Crippen LogP contribution is 2.19. The van der Waals surface area contributed by atoms with Gasteiger partial charge in [0.25, 0.3) is 0 Å². The van der Waals surface area contributed by atoms with Crippen LogP contribution >= 0.6 is 0 Å². The molecule has 0 spiro atoms.